The van der Waals surface area contributed by atoms with Gasteiger partial charge in [0.25, 0.3) is 0 Å². The molecule has 0 saturated carbocycles. The van der Waals surface area contributed by atoms with Gasteiger partial charge in [0.15, 0.2) is 0 Å². The van der Waals surface area contributed by atoms with Crippen molar-refractivity contribution in [2.45, 2.75) is 53.0 Å². The first-order valence-electron chi connectivity index (χ1n) is 8.66. The molecule has 0 bridgehead atoms. The Morgan fingerprint density at radius 1 is 1.35 bits per heavy atom. The van der Waals surface area contributed by atoms with E-state index in [1.165, 1.54) is 12.5 Å². The molecule has 0 atom stereocenters. The van der Waals surface area contributed by atoms with Crippen molar-refractivity contribution in [2.24, 2.45) is 5.92 Å². The van der Waals surface area contributed by atoms with Crippen molar-refractivity contribution in [3.8, 4) is 0 Å². The van der Waals surface area contributed by atoms with Crippen molar-refractivity contribution in [3.05, 3.63) is 29.6 Å². The van der Waals surface area contributed by atoms with E-state index < -0.39 is 0 Å². The van der Waals surface area contributed by atoms with E-state index >= 15 is 0 Å². The van der Waals surface area contributed by atoms with Crippen LogP contribution in [0.25, 0.3) is 0 Å². The standard InChI is InChI=1S/C19H29FN2O/c1-14(2)7-10-21-11-8-17(9-12-21)22(16(4)23)18-6-5-15(3)19(20)13-18/h5-6,13-14,17H,7-12H2,1-4H3. The molecule has 1 aromatic carbocycles. The van der Waals surface area contributed by atoms with Crippen LogP contribution < -0.4 is 4.90 Å². The molecular formula is C19H29FN2O. The van der Waals surface area contributed by atoms with Gasteiger partial charge in [-0.1, -0.05) is 19.9 Å². The second kappa shape index (κ2) is 7.91. The number of piperidine rings is 1. The maximum Gasteiger partial charge on any atom is 0.224 e. The van der Waals surface area contributed by atoms with E-state index in [4.69, 9.17) is 0 Å². The Morgan fingerprint density at radius 2 is 2.00 bits per heavy atom. The fraction of sp³-hybridized carbons (Fsp3) is 0.632. The minimum atomic E-state index is -0.247. The van der Waals surface area contributed by atoms with Gasteiger partial charge in [0.05, 0.1) is 0 Å². The minimum absolute atomic E-state index is 0.00566. The number of rotatable bonds is 5. The molecule has 1 fully saturated rings. The molecule has 1 amide bonds. The van der Waals surface area contributed by atoms with Crippen LogP contribution in [0.5, 0.6) is 0 Å². The van der Waals surface area contributed by atoms with Gasteiger partial charge >= 0.3 is 0 Å². The number of anilines is 1. The summed E-state index contributed by atoms with van der Waals surface area (Å²) in [6.45, 7) is 11.0. The quantitative estimate of drug-likeness (QED) is 0.819. The third-order valence-electron chi connectivity index (χ3n) is 4.72. The Morgan fingerprint density at radius 3 is 2.52 bits per heavy atom. The number of aryl methyl sites for hydroxylation is 1. The second-order valence-corrected chi connectivity index (χ2v) is 7.08. The van der Waals surface area contributed by atoms with Crippen LogP contribution in [0.1, 0.15) is 45.6 Å². The van der Waals surface area contributed by atoms with Crippen LogP contribution in [-0.2, 0) is 4.79 Å². The van der Waals surface area contributed by atoms with Gasteiger partial charge in [-0.3, -0.25) is 4.79 Å². The van der Waals surface area contributed by atoms with E-state index in [2.05, 4.69) is 18.7 Å². The van der Waals surface area contributed by atoms with E-state index in [0.717, 1.165) is 38.4 Å². The molecule has 4 heteroatoms. The van der Waals surface area contributed by atoms with Crippen LogP contribution in [0.3, 0.4) is 0 Å². The van der Waals surface area contributed by atoms with Gasteiger partial charge in [0, 0.05) is 31.7 Å². The lowest BCUT2D eigenvalue weighted by molar-refractivity contribution is -0.117. The first-order valence-corrected chi connectivity index (χ1v) is 8.66. The lowest BCUT2D eigenvalue weighted by atomic mass is 10.0. The number of benzene rings is 1. The van der Waals surface area contributed by atoms with Crippen molar-refractivity contribution in [1.29, 1.82) is 0 Å². The number of likely N-dealkylation sites (tertiary alicyclic amines) is 1. The maximum atomic E-state index is 13.9. The average molecular weight is 320 g/mol. The molecule has 1 saturated heterocycles. The van der Waals surface area contributed by atoms with Crippen LogP contribution in [0, 0.1) is 18.7 Å². The predicted molar refractivity (Wildman–Crippen MR) is 93.2 cm³/mol. The highest BCUT2D eigenvalue weighted by Gasteiger charge is 2.27. The zero-order valence-electron chi connectivity index (χ0n) is 14.8. The zero-order valence-corrected chi connectivity index (χ0v) is 14.8. The molecule has 23 heavy (non-hydrogen) atoms. The highest BCUT2D eigenvalue weighted by molar-refractivity contribution is 5.92. The van der Waals surface area contributed by atoms with Crippen LogP contribution in [0.15, 0.2) is 18.2 Å². The number of carbonyl (C=O) groups excluding carboxylic acids is 1. The third kappa shape index (κ3) is 4.77. The monoisotopic (exact) mass is 320 g/mol. The molecule has 1 aliphatic heterocycles. The number of amides is 1. The number of hydrogen-bond acceptors (Lipinski definition) is 2. The largest absolute Gasteiger partial charge is 0.309 e. The third-order valence-corrected chi connectivity index (χ3v) is 4.72. The first kappa shape index (κ1) is 17.9. The minimum Gasteiger partial charge on any atom is -0.309 e. The highest BCUT2D eigenvalue weighted by atomic mass is 19.1. The number of nitrogens with zero attached hydrogens (tertiary/aromatic N) is 2. The lowest BCUT2D eigenvalue weighted by Crippen LogP contribution is -2.47. The second-order valence-electron chi connectivity index (χ2n) is 7.08. The van der Waals surface area contributed by atoms with E-state index in [0.29, 0.717) is 11.3 Å². The van der Waals surface area contributed by atoms with Gasteiger partial charge in [-0.25, -0.2) is 4.39 Å². The van der Waals surface area contributed by atoms with Crippen LogP contribution in [0.4, 0.5) is 10.1 Å². The molecule has 0 aliphatic carbocycles. The normalized spacial score (nSPS) is 16.8. The molecule has 0 radical (unpaired) electrons. The van der Waals surface area contributed by atoms with Crippen LogP contribution in [0.2, 0.25) is 0 Å². The van der Waals surface area contributed by atoms with Crippen molar-refractivity contribution in [2.75, 3.05) is 24.5 Å². The van der Waals surface area contributed by atoms with Gasteiger partial charge in [-0.05, 0) is 56.3 Å². The van der Waals surface area contributed by atoms with Gasteiger partial charge in [0.2, 0.25) is 5.91 Å². The summed E-state index contributed by atoms with van der Waals surface area (Å²) in [5.74, 6) is 0.467. The molecule has 128 valence electrons. The Bertz CT molecular complexity index is 536. The Balaban J connectivity index is 2.03. The summed E-state index contributed by atoms with van der Waals surface area (Å²) >= 11 is 0. The number of carbonyl (C=O) groups is 1. The fourth-order valence-electron chi connectivity index (χ4n) is 3.22. The van der Waals surface area contributed by atoms with Crippen molar-refractivity contribution in [3.63, 3.8) is 0 Å². The summed E-state index contributed by atoms with van der Waals surface area (Å²) < 4.78 is 13.9. The molecule has 0 spiro atoms. The smallest absolute Gasteiger partial charge is 0.224 e. The van der Waals surface area contributed by atoms with Crippen LogP contribution in [-0.4, -0.2) is 36.5 Å². The summed E-state index contributed by atoms with van der Waals surface area (Å²) in [6.07, 6.45) is 3.12. The summed E-state index contributed by atoms with van der Waals surface area (Å²) in [5.41, 5.74) is 1.29. The highest BCUT2D eigenvalue weighted by Crippen LogP contribution is 2.26. The molecule has 0 aromatic heterocycles. The summed E-state index contributed by atoms with van der Waals surface area (Å²) in [4.78, 5) is 16.4. The molecular weight excluding hydrogens is 291 g/mol. The zero-order chi connectivity index (χ0) is 17.0. The van der Waals surface area contributed by atoms with Gasteiger partial charge in [0.1, 0.15) is 5.82 Å². The molecule has 1 aliphatic rings. The Labute approximate surface area is 139 Å². The Kier molecular flexibility index (Phi) is 6.17. The van der Waals surface area contributed by atoms with E-state index in [9.17, 15) is 9.18 Å². The molecule has 1 aromatic rings. The average Bonchev–Trinajstić information content (AvgIpc) is 2.50. The topological polar surface area (TPSA) is 23.6 Å². The summed E-state index contributed by atoms with van der Waals surface area (Å²) in [7, 11) is 0. The van der Waals surface area contributed by atoms with Gasteiger partial charge < -0.3 is 9.80 Å². The van der Waals surface area contributed by atoms with E-state index in [1.807, 2.05) is 6.07 Å². The van der Waals surface area contributed by atoms with Crippen LogP contribution >= 0.6 is 0 Å². The molecule has 0 N–H and O–H groups in total. The van der Waals surface area contributed by atoms with Crippen molar-refractivity contribution >= 4 is 11.6 Å². The van der Waals surface area contributed by atoms with E-state index in [1.54, 1.807) is 24.8 Å². The molecule has 0 unspecified atom stereocenters. The lowest BCUT2D eigenvalue weighted by Gasteiger charge is -2.38. The number of halogens is 1. The summed E-state index contributed by atoms with van der Waals surface area (Å²) in [6, 6.07) is 5.26. The fourth-order valence-corrected chi connectivity index (χ4v) is 3.22. The SMILES string of the molecule is CC(=O)N(c1ccc(C)c(F)c1)C1CCN(CCC(C)C)CC1. The summed E-state index contributed by atoms with van der Waals surface area (Å²) in [5, 5.41) is 0. The predicted octanol–water partition coefficient (Wildman–Crippen LogP) is 4.00. The van der Waals surface area contributed by atoms with Crippen molar-refractivity contribution < 1.29 is 9.18 Å². The molecule has 2 rings (SSSR count). The molecule has 1 heterocycles. The Hall–Kier alpha value is -1.42. The molecule has 3 nitrogen and oxygen atoms in total. The first-order chi connectivity index (χ1) is 10.9. The number of hydrogen-bond donors (Lipinski definition) is 0. The maximum absolute atomic E-state index is 13.9. The van der Waals surface area contributed by atoms with E-state index in [-0.39, 0.29) is 17.8 Å². The van der Waals surface area contributed by atoms with Crippen molar-refractivity contribution in [1.82, 2.24) is 4.90 Å². The van der Waals surface area contributed by atoms with Gasteiger partial charge in [-0.15, -0.1) is 0 Å². The van der Waals surface area contributed by atoms with Gasteiger partial charge in [-0.2, -0.15) is 0 Å².